The minimum absolute atomic E-state index is 0.0363. The third kappa shape index (κ3) is 2.56. The molecule has 17 heavy (non-hydrogen) atoms. The number of nitrogens with one attached hydrogen (secondary N) is 1. The Kier molecular flexibility index (Phi) is 3.73. The lowest BCUT2D eigenvalue weighted by molar-refractivity contribution is -0.119. The van der Waals surface area contributed by atoms with Gasteiger partial charge in [0, 0.05) is 7.05 Å². The van der Waals surface area contributed by atoms with Crippen LogP contribution in [0.15, 0.2) is 0 Å². The summed E-state index contributed by atoms with van der Waals surface area (Å²) in [5, 5.41) is 16.2. The van der Waals surface area contributed by atoms with E-state index >= 15 is 0 Å². The summed E-state index contributed by atoms with van der Waals surface area (Å²) < 4.78 is 1.55. The summed E-state index contributed by atoms with van der Waals surface area (Å²) in [6, 6.07) is 1.55. The highest BCUT2D eigenvalue weighted by Crippen LogP contribution is 2.19. The topological polar surface area (TPSA) is 96.7 Å². The summed E-state index contributed by atoms with van der Waals surface area (Å²) >= 11 is 0. The molecule has 1 rings (SSSR count). The van der Waals surface area contributed by atoms with Crippen LogP contribution in [0.3, 0.4) is 0 Å². The van der Waals surface area contributed by atoms with Gasteiger partial charge in [0.2, 0.25) is 5.91 Å². The molecule has 0 saturated heterocycles. The smallest absolute Gasteiger partial charge is 0.240 e. The van der Waals surface area contributed by atoms with Crippen LogP contribution in [0.5, 0.6) is 0 Å². The molecule has 1 amide bonds. The molecule has 92 valence electrons. The van der Waals surface area contributed by atoms with Crippen molar-refractivity contribution in [2.75, 3.05) is 5.32 Å². The number of amides is 1. The van der Waals surface area contributed by atoms with Gasteiger partial charge in [-0.25, -0.2) is 0 Å². The Morgan fingerprint density at radius 3 is 2.59 bits per heavy atom. The molecule has 0 saturated carbocycles. The van der Waals surface area contributed by atoms with Crippen molar-refractivity contribution in [3.05, 3.63) is 11.3 Å². The maximum Gasteiger partial charge on any atom is 0.240 e. The van der Waals surface area contributed by atoms with Crippen molar-refractivity contribution >= 4 is 11.7 Å². The molecule has 0 aromatic carbocycles. The molecule has 0 radical (unpaired) electrons. The Morgan fingerprint density at radius 2 is 2.18 bits per heavy atom. The van der Waals surface area contributed by atoms with Crippen molar-refractivity contribution in [3.63, 3.8) is 0 Å². The van der Waals surface area contributed by atoms with Crippen molar-refractivity contribution in [1.29, 1.82) is 5.26 Å². The van der Waals surface area contributed by atoms with Crippen LogP contribution in [0.4, 0.5) is 5.82 Å². The van der Waals surface area contributed by atoms with E-state index in [4.69, 9.17) is 11.0 Å². The fraction of sp³-hybridized carbons (Fsp3) is 0.545. The van der Waals surface area contributed by atoms with Gasteiger partial charge in [-0.3, -0.25) is 9.48 Å². The maximum atomic E-state index is 11.3. The zero-order chi connectivity index (χ0) is 13.2. The average molecular weight is 235 g/mol. The quantitative estimate of drug-likeness (QED) is 0.795. The lowest BCUT2D eigenvalue weighted by Crippen LogP contribution is -2.40. The number of anilines is 1. The summed E-state index contributed by atoms with van der Waals surface area (Å²) in [7, 11) is 1.72. The number of primary amides is 1. The highest BCUT2D eigenvalue weighted by Gasteiger charge is 2.23. The third-order valence-corrected chi connectivity index (χ3v) is 2.60. The Labute approximate surface area is 100 Å². The molecule has 6 nitrogen and oxygen atoms in total. The van der Waals surface area contributed by atoms with E-state index in [0.29, 0.717) is 17.1 Å². The number of aromatic nitrogens is 2. The highest BCUT2D eigenvalue weighted by atomic mass is 16.1. The van der Waals surface area contributed by atoms with E-state index in [1.165, 1.54) is 0 Å². The van der Waals surface area contributed by atoms with Crippen molar-refractivity contribution < 1.29 is 4.79 Å². The Bertz CT molecular complexity index is 469. The molecule has 3 N–H and O–H groups in total. The van der Waals surface area contributed by atoms with E-state index in [0.717, 1.165) is 0 Å². The predicted molar refractivity (Wildman–Crippen MR) is 64.1 cm³/mol. The number of hydrogen-bond acceptors (Lipinski definition) is 4. The summed E-state index contributed by atoms with van der Waals surface area (Å²) in [6.07, 6.45) is 0. The van der Waals surface area contributed by atoms with Crippen LogP contribution in [0.2, 0.25) is 0 Å². The van der Waals surface area contributed by atoms with Gasteiger partial charge in [0.15, 0.2) is 0 Å². The second kappa shape index (κ2) is 4.87. The molecule has 0 aliphatic heterocycles. The standard InChI is InChI=1S/C11H17N5O/c1-6(2)9(10(13)17)14-11-8(5-12)7(3)15-16(11)4/h6,9,14H,1-4H3,(H2,13,17). The van der Waals surface area contributed by atoms with E-state index in [9.17, 15) is 4.79 Å². The molecule has 1 heterocycles. The second-order valence-corrected chi connectivity index (χ2v) is 4.31. The van der Waals surface area contributed by atoms with Crippen molar-refractivity contribution in [2.45, 2.75) is 26.8 Å². The lowest BCUT2D eigenvalue weighted by atomic mass is 10.0. The zero-order valence-electron chi connectivity index (χ0n) is 10.5. The van der Waals surface area contributed by atoms with Gasteiger partial charge in [-0.05, 0) is 12.8 Å². The molecular formula is C11H17N5O. The molecule has 1 aromatic rings. The van der Waals surface area contributed by atoms with E-state index in [1.807, 2.05) is 13.8 Å². The van der Waals surface area contributed by atoms with E-state index in [1.54, 1.807) is 18.7 Å². The number of hydrogen-bond donors (Lipinski definition) is 2. The Hall–Kier alpha value is -2.03. The van der Waals surface area contributed by atoms with Crippen molar-refractivity contribution in [2.24, 2.45) is 18.7 Å². The normalized spacial score (nSPS) is 12.2. The van der Waals surface area contributed by atoms with Crippen LogP contribution >= 0.6 is 0 Å². The molecule has 1 aromatic heterocycles. The van der Waals surface area contributed by atoms with Gasteiger partial charge in [-0.1, -0.05) is 13.8 Å². The number of carbonyl (C=O) groups excluding carboxylic acids is 1. The van der Waals surface area contributed by atoms with Crippen LogP contribution in [-0.4, -0.2) is 21.7 Å². The predicted octanol–water partition coefficient (Wildman–Crippen LogP) is 0.522. The van der Waals surface area contributed by atoms with Crippen LogP contribution in [0.25, 0.3) is 0 Å². The number of nitriles is 1. The first-order valence-electron chi connectivity index (χ1n) is 5.38. The first-order valence-corrected chi connectivity index (χ1v) is 5.38. The highest BCUT2D eigenvalue weighted by molar-refractivity contribution is 5.83. The molecule has 1 atom stereocenters. The van der Waals surface area contributed by atoms with Crippen molar-refractivity contribution in [3.8, 4) is 6.07 Å². The monoisotopic (exact) mass is 235 g/mol. The van der Waals surface area contributed by atoms with Gasteiger partial charge < -0.3 is 11.1 Å². The first kappa shape index (κ1) is 13.0. The SMILES string of the molecule is Cc1nn(C)c(NC(C(N)=O)C(C)C)c1C#N. The fourth-order valence-corrected chi connectivity index (χ4v) is 1.67. The molecule has 0 bridgehead atoms. The minimum atomic E-state index is -0.517. The van der Waals surface area contributed by atoms with Gasteiger partial charge in [-0.15, -0.1) is 0 Å². The zero-order valence-corrected chi connectivity index (χ0v) is 10.5. The molecular weight excluding hydrogens is 218 g/mol. The van der Waals surface area contributed by atoms with Crippen molar-refractivity contribution in [1.82, 2.24) is 9.78 Å². The van der Waals surface area contributed by atoms with Crippen LogP contribution in [0, 0.1) is 24.2 Å². The Morgan fingerprint density at radius 1 is 1.59 bits per heavy atom. The summed E-state index contributed by atoms with van der Waals surface area (Å²) in [6.45, 7) is 5.52. The van der Waals surface area contributed by atoms with Crippen LogP contribution in [0.1, 0.15) is 25.1 Å². The second-order valence-electron chi connectivity index (χ2n) is 4.31. The molecule has 6 heteroatoms. The number of aryl methyl sites for hydroxylation is 2. The van der Waals surface area contributed by atoms with Gasteiger partial charge >= 0.3 is 0 Å². The van der Waals surface area contributed by atoms with E-state index < -0.39 is 11.9 Å². The fourth-order valence-electron chi connectivity index (χ4n) is 1.67. The summed E-state index contributed by atoms with van der Waals surface area (Å²) in [5.41, 5.74) is 6.39. The molecule has 0 spiro atoms. The molecule has 0 fully saturated rings. The minimum Gasteiger partial charge on any atom is -0.368 e. The van der Waals surface area contributed by atoms with Gasteiger partial charge in [0.25, 0.3) is 0 Å². The largest absolute Gasteiger partial charge is 0.368 e. The third-order valence-electron chi connectivity index (χ3n) is 2.60. The van der Waals surface area contributed by atoms with Crippen LogP contribution in [-0.2, 0) is 11.8 Å². The number of carbonyl (C=O) groups is 1. The van der Waals surface area contributed by atoms with Gasteiger partial charge in [0.1, 0.15) is 23.5 Å². The van der Waals surface area contributed by atoms with Gasteiger partial charge in [-0.2, -0.15) is 10.4 Å². The number of nitrogens with zero attached hydrogens (tertiary/aromatic N) is 3. The van der Waals surface area contributed by atoms with E-state index in [-0.39, 0.29) is 5.92 Å². The molecule has 0 aliphatic rings. The average Bonchev–Trinajstić information content (AvgIpc) is 2.48. The van der Waals surface area contributed by atoms with Crippen LogP contribution < -0.4 is 11.1 Å². The first-order chi connectivity index (χ1) is 7.88. The van der Waals surface area contributed by atoms with E-state index in [2.05, 4.69) is 16.5 Å². The summed E-state index contributed by atoms with van der Waals surface area (Å²) in [5.74, 6) is 0.125. The maximum absolute atomic E-state index is 11.3. The lowest BCUT2D eigenvalue weighted by Gasteiger charge is -2.20. The number of nitrogens with two attached hydrogens (primary N) is 1. The van der Waals surface area contributed by atoms with Gasteiger partial charge in [0.05, 0.1) is 5.69 Å². The Balaban J connectivity index is 3.10. The molecule has 0 aliphatic carbocycles. The summed E-state index contributed by atoms with van der Waals surface area (Å²) in [4.78, 5) is 11.3. The number of rotatable bonds is 4. The molecule has 1 unspecified atom stereocenters.